The highest BCUT2D eigenvalue weighted by Crippen LogP contribution is 2.41. The fraction of sp³-hybridized carbons (Fsp3) is 0.409. The molecule has 1 amide bonds. The Bertz CT molecular complexity index is 1080. The molecule has 2 aromatic carbocycles. The molecule has 1 aliphatic heterocycles. The summed E-state index contributed by atoms with van der Waals surface area (Å²) >= 11 is 0. The summed E-state index contributed by atoms with van der Waals surface area (Å²) in [6.07, 6.45) is 1.75. The highest BCUT2D eigenvalue weighted by Gasteiger charge is 2.35. The molecule has 162 valence electrons. The fourth-order valence-electron chi connectivity index (χ4n) is 3.66. The molecule has 2 aromatic rings. The first-order valence-electron chi connectivity index (χ1n) is 9.63. The Morgan fingerprint density at radius 3 is 2.53 bits per heavy atom. The van der Waals surface area contributed by atoms with E-state index in [0.717, 1.165) is 17.6 Å². The number of carbonyl (C=O) groups is 1. The zero-order valence-corrected chi connectivity index (χ0v) is 19.0. The van der Waals surface area contributed by atoms with Crippen molar-refractivity contribution in [1.29, 1.82) is 0 Å². The minimum Gasteiger partial charge on any atom is -0.497 e. The lowest BCUT2D eigenvalue weighted by Gasteiger charge is -2.38. The number of hydrogen-bond acceptors (Lipinski definition) is 5. The van der Waals surface area contributed by atoms with Crippen LogP contribution in [0, 0.1) is 6.92 Å². The smallest absolute Gasteiger partial charge is 0.251 e. The van der Waals surface area contributed by atoms with Gasteiger partial charge in [0.1, 0.15) is 17.1 Å². The van der Waals surface area contributed by atoms with Gasteiger partial charge in [-0.05, 0) is 62.7 Å². The summed E-state index contributed by atoms with van der Waals surface area (Å²) in [6.45, 7) is 5.75. The summed E-state index contributed by atoms with van der Waals surface area (Å²) in [5.41, 5.74) is 2.14. The number of amides is 1. The second kappa shape index (κ2) is 7.83. The zero-order chi connectivity index (χ0) is 22.3. The standard InChI is InChI=1S/C22H28N2O5S/c1-14-11-15(7-9-19(14)24(4)30(6,26)27)21(25)23-18-13-22(2,3)29-20-10-8-16(28-5)12-17(18)20/h7-12,18H,13H2,1-6H3,(H,23,25). The molecular weight excluding hydrogens is 404 g/mol. The first-order chi connectivity index (χ1) is 13.9. The molecule has 1 heterocycles. The van der Waals surface area contributed by atoms with Crippen LogP contribution in [0.25, 0.3) is 0 Å². The van der Waals surface area contributed by atoms with Crippen molar-refractivity contribution in [2.45, 2.75) is 38.8 Å². The van der Waals surface area contributed by atoms with Gasteiger partial charge in [0.2, 0.25) is 10.0 Å². The van der Waals surface area contributed by atoms with Gasteiger partial charge in [0, 0.05) is 24.6 Å². The topological polar surface area (TPSA) is 84.9 Å². The minimum atomic E-state index is -3.38. The van der Waals surface area contributed by atoms with E-state index in [1.165, 1.54) is 11.4 Å². The second-order valence-corrected chi connectivity index (χ2v) is 10.2. The van der Waals surface area contributed by atoms with Gasteiger partial charge in [-0.2, -0.15) is 0 Å². The van der Waals surface area contributed by atoms with Crippen molar-refractivity contribution < 1.29 is 22.7 Å². The maximum atomic E-state index is 13.0. The van der Waals surface area contributed by atoms with Crippen LogP contribution in [-0.4, -0.2) is 40.3 Å². The molecular formula is C22H28N2O5S. The van der Waals surface area contributed by atoms with Crippen LogP contribution in [0.3, 0.4) is 0 Å². The Balaban J connectivity index is 1.88. The SMILES string of the molecule is COc1ccc2c(c1)C(NC(=O)c1ccc(N(C)S(C)(=O)=O)c(C)c1)CC(C)(C)O2. The largest absolute Gasteiger partial charge is 0.497 e. The van der Waals surface area contributed by atoms with Gasteiger partial charge in [0.15, 0.2) is 0 Å². The van der Waals surface area contributed by atoms with Gasteiger partial charge in [-0.3, -0.25) is 9.10 Å². The van der Waals surface area contributed by atoms with Crippen LogP contribution in [0.2, 0.25) is 0 Å². The molecule has 3 rings (SSSR count). The molecule has 0 bridgehead atoms. The zero-order valence-electron chi connectivity index (χ0n) is 18.1. The maximum Gasteiger partial charge on any atom is 0.251 e. The molecule has 1 N–H and O–H groups in total. The van der Waals surface area contributed by atoms with Gasteiger partial charge < -0.3 is 14.8 Å². The molecule has 30 heavy (non-hydrogen) atoms. The number of nitrogens with zero attached hydrogens (tertiary/aromatic N) is 1. The molecule has 0 radical (unpaired) electrons. The van der Waals surface area contributed by atoms with E-state index in [1.807, 2.05) is 32.0 Å². The molecule has 0 aliphatic carbocycles. The molecule has 0 saturated carbocycles. The molecule has 0 spiro atoms. The number of carbonyl (C=O) groups excluding carboxylic acids is 1. The Morgan fingerprint density at radius 2 is 1.93 bits per heavy atom. The number of rotatable bonds is 5. The van der Waals surface area contributed by atoms with E-state index in [0.29, 0.717) is 29.0 Å². The number of methoxy groups -OCH3 is 1. The Labute approximate surface area is 178 Å². The van der Waals surface area contributed by atoms with E-state index in [4.69, 9.17) is 9.47 Å². The molecule has 0 fully saturated rings. The number of aryl methyl sites for hydroxylation is 1. The van der Waals surface area contributed by atoms with E-state index < -0.39 is 15.6 Å². The van der Waals surface area contributed by atoms with E-state index in [-0.39, 0.29) is 11.9 Å². The number of sulfonamides is 1. The van der Waals surface area contributed by atoms with Crippen molar-refractivity contribution in [3.05, 3.63) is 53.1 Å². The summed E-state index contributed by atoms with van der Waals surface area (Å²) in [4.78, 5) is 13.0. The van der Waals surface area contributed by atoms with Crippen LogP contribution < -0.4 is 19.1 Å². The number of ether oxygens (including phenoxy) is 2. The molecule has 0 saturated heterocycles. The van der Waals surface area contributed by atoms with Gasteiger partial charge in [0.05, 0.1) is 25.1 Å². The van der Waals surface area contributed by atoms with Crippen molar-refractivity contribution >= 4 is 21.6 Å². The lowest BCUT2D eigenvalue weighted by Crippen LogP contribution is -2.41. The third-order valence-electron chi connectivity index (χ3n) is 5.28. The number of anilines is 1. The monoisotopic (exact) mass is 432 g/mol. The van der Waals surface area contributed by atoms with Crippen molar-refractivity contribution in [2.75, 3.05) is 24.7 Å². The van der Waals surface area contributed by atoms with Gasteiger partial charge >= 0.3 is 0 Å². The average Bonchev–Trinajstić information content (AvgIpc) is 2.65. The van der Waals surface area contributed by atoms with E-state index >= 15 is 0 Å². The highest BCUT2D eigenvalue weighted by molar-refractivity contribution is 7.92. The van der Waals surface area contributed by atoms with Crippen LogP contribution in [-0.2, 0) is 10.0 Å². The van der Waals surface area contributed by atoms with Crippen LogP contribution in [0.5, 0.6) is 11.5 Å². The minimum absolute atomic E-state index is 0.233. The van der Waals surface area contributed by atoms with Crippen LogP contribution in [0.15, 0.2) is 36.4 Å². The number of benzene rings is 2. The second-order valence-electron chi connectivity index (χ2n) is 8.23. The molecule has 1 aliphatic rings. The summed E-state index contributed by atoms with van der Waals surface area (Å²) in [5.74, 6) is 1.18. The van der Waals surface area contributed by atoms with Crippen molar-refractivity contribution in [2.24, 2.45) is 0 Å². The summed E-state index contributed by atoms with van der Waals surface area (Å²) in [5, 5.41) is 3.10. The van der Waals surface area contributed by atoms with Gasteiger partial charge in [-0.25, -0.2) is 8.42 Å². The Hall–Kier alpha value is -2.74. The average molecular weight is 433 g/mol. The molecule has 8 heteroatoms. The Kier molecular flexibility index (Phi) is 5.73. The predicted molar refractivity (Wildman–Crippen MR) is 117 cm³/mol. The lowest BCUT2D eigenvalue weighted by atomic mass is 9.89. The summed E-state index contributed by atoms with van der Waals surface area (Å²) in [7, 11) is -0.290. The molecule has 1 unspecified atom stereocenters. The van der Waals surface area contributed by atoms with Crippen molar-refractivity contribution in [1.82, 2.24) is 5.32 Å². The van der Waals surface area contributed by atoms with Crippen LogP contribution >= 0.6 is 0 Å². The van der Waals surface area contributed by atoms with E-state index in [1.54, 1.807) is 32.2 Å². The fourth-order valence-corrected chi connectivity index (χ4v) is 4.22. The van der Waals surface area contributed by atoms with Crippen LogP contribution in [0.4, 0.5) is 5.69 Å². The van der Waals surface area contributed by atoms with E-state index in [9.17, 15) is 13.2 Å². The van der Waals surface area contributed by atoms with Crippen molar-refractivity contribution in [3.63, 3.8) is 0 Å². The summed E-state index contributed by atoms with van der Waals surface area (Å²) in [6, 6.07) is 10.3. The number of fused-ring (bicyclic) bond motifs is 1. The van der Waals surface area contributed by atoms with Crippen LogP contribution in [0.1, 0.15) is 47.8 Å². The first kappa shape index (κ1) is 22.0. The van der Waals surface area contributed by atoms with Gasteiger partial charge in [-0.15, -0.1) is 0 Å². The van der Waals surface area contributed by atoms with E-state index in [2.05, 4.69) is 5.32 Å². The Morgan fingerprint density at radius 1 is 1.23 bits per heavy atom. The van der Waals surface area contributed by atoms with Gasteiger partial charge in [-0.1, -0.05) is 0 Å². The number of hydrogen-bond donors (Lipinski definition) is 1. The predicted octanol–water partition coefficient (Wildman–Crippen LogP) is 3.43. The summed E-state index contributed by atoms with van der Waals surface area (Å²) < 4.78 is 36.2. The quantitative estimate of drug-likeness (QED) is 0.782. The molecule has 0 aromatic heterocycles. The first-order valence-corrected chi connectivity index (χ1v) is 11.5. The highest BCUT2D eigenvalue weighted by atomic mass is 32.2. The lowest BCUT2D eigenvalue weighted by molar-refractivity contribution is 0.0618. The number of nitrogens with one attached hydrogen (secondary N) is 1. The maximum absolute atomic E-state index is 13.0. The molecule has 7 nitrogen and oxygen atoms in total. The third kappa shape index (κ3) is 4.53. The van der Waals surface area contributed by atoms with Crippen molar-refractivity contribution in [3.8, 4) is 11.5 Å². The third-order valence-corrected chi connectivity index (χ3v) is 6.47. The van der Waals surface area contributed by atoms with Gasteiger partial charge in [0.25, 0.3) is 5.91 Å². The molecule has 1 atom stereocenters. The normalized spacial score (nSPS) is 17.5.